The molecule has 0 aliphatic carbocycles. The van der Waals surface area contributed by atoms with Crippen molar-refractivity contribution in [3.8, 4) is 5.75 Å². The molecule has 0 amide bonds. The van der Waals surface area contributed by atoms with Gasteiger partial charge in [0.05, 0.1) is 7.11 Å². The summed E-state index contributed by atoms with van der Waals surface area (Å²) in [6, 6.07) is 17.0. The topological polar surface area (TPSA) is 70.6 Å². The summed E-state index contributed by atoms with van der Waals surface area (Å²) >= 11 is 0. The maximum absolute atomic E-state index is 11.2. The average Bonchev–Trinajstić information content (AvgIpc) is 2.61. The van der Waals surface area contributed by atoms with Gasteiger partial charge in [0.15, 0.2) is 6.10 Å². The average molecular weight is 361 g/mol. The number of hydrogen-bond acceptors (Lipinski definition) is 5. The highest BCUT2D eigenvalue weighted by Crippen LogP contribution is 2.32. The fourth-order valence-electron chi connectivity index (χ4n) is 2.74. The van der Waals surface area contributed by atoms with Crippen LogP contribution in [-0.4, -0.2) is 13.2 Å². The molecule has 0 saturated heterocycles. The molecule has 0 heterocycles. The van der Waals surface area contributed by atoms with Gasteiger partial charge in [0.1, 0.15) is 5.75 Å². The largest absolute Gasteiger partial charge is 0.566 e. The van der Waals surface area contributed by atoms with E-state index in [-0.39, 0.29) is 12.0 Å². The van der Waals surface area contributed by atoms with E-state index in [9.17, 15) is 9.46 Å². The van der Waals surface area contributed by atoms with Crippen LogP contribution in [0.1, 0.15) is 31.1 Å². The van der Waals surface area contributed by atoms with Crippen LogP contribution < -0.4 is 14.9 Å². The van der Waals surface area contributed by atoms with Gasteiger partial charge in [0.25, 0.3) is 0 Å². The first-order valence-electron chi connectivity index (χ1n) is 8.23. The second kappa shape index (κ2) is 9.64. The van der Waals surface area contributed by atoms with Gasteiger partial charge in [-0.2, -0.15) is 0 Å². The number of nitrogens with one attached hydrogen (secondary N) is 1. The van der Waals surface area contributed by atoms with Crippen LogP contribution in [0.3, 0.4) is 0 Å². The molecule has 2 aromatic rings. The zero-order chi connectivity index (χ0) is 18.2. The molecule has 0 fully saturated rings. The first-order valence-corrected chi connectivity index (χ1v) is 9.33. The Morgan fingerprint density at radius 3 is 2.24 bits per heavy atom. The van der Waals surface area contributed by atoms with E-state index in [0.717, 1.165) is 16.9 Å². The van der Waals surface area contributed by atoms with Crippen LogP contribution in [0, 0.1) is 5.92 Å². The van der Waals surface area contributed by atoms with E-state index in [1.807, 2.05) is 68.4 Å². The fourth-order valence-corrected chi connectivity index (χ4v) is 3.18. The standard InChI is InChI=1S/C19H24NO4P/c1-14(2)18(20-13-15-9-11-17(23-3)12-10-15)19(24-25(21)22)16-7-5-4-6-8-16/h4-12,14,18-20H,13H2,1-3H3. The van der Waals surface area contributed by atoms with Crippen LogP contribution in [0.5, 0.6) is 5.75 Å². The lowest BCUT2D eigenvalue weighted by molar-refractivity contribution is -0.191. The van der Waals surface area contributed by atoms with Crippen molar-refractivity contribution >= 4 is 8.25 Å². The van der Waals surface area contributed by atoms with E-state index in [2.05, 4.69) is 5.32 Å². The minimum Gasteiger partial charge on any atom is -0.566 e. The minimum absolute atomic E-state index is 0.155. The van der Waals surface area contributed by atoms with Gasteiger partial charge in [-0.15, -0.1) is 4.52 Å². The Labute approximate surface area is 149 Å². The lowest BCUT2D eigenvalue weighted by Gasteiger charge is -2.28. The molecule has 134 valence electrons. The first-order chi connectivity index (χ1) is 12.0. The predicted octanol–water partition coefficient (Wildman–Crippen LogP) is 3.59. The molecule has 25 heavy (non-hydrogen) atoms. The summed E-state index contributed by atoms with van der Waals surface area (Å²) in [6.07, 6.45) is -0.569. The fraction of sp³-hybridized carbons (Fsp3) is 0.368. The molecule has 0 aromatic heterocycles. The highest BCUT2D eigenvalue weighted by Gasteiger charge is 2.31. The highest BCUT2D eigenvalue weighted by atomic mass is 31.1. The van der Waals surface area contributed by atoms with Gasteiger partial charge in [-0.1, -0.05) is 56.3 Å². The first kappa shape index (κ1) is 19.5. The Bertz CT molecular complexity index is 661. The summed E-state index contributed by atoms with van der Waals surface area (Å²) < 4.78 is 21.6. The molecule has 0 spiro atoms. The normalized spacial score (nSPS) is 14.2. The zero-order valence-electron chi connectivity index (χ0n) is 14.7. The highest BCUT2D eigenvalue weighted by molar-refractivity contribution is 7.30. The summed E-state index contributed by atoms with van der Waals surface area (Å²) in [6.45, 7) is 4.70. The van der Waals surface area contributed by atoms with Crippen molar-refractivity contribution < 1.29 is 18.7 Å². The van der Waals surface area contributed by atoms with Crippen LogP contribution in [0.2, 0.25) is 0 Å². The Morgan fingerprint density at radius 2 is 1.72 bits per heavy atom. The van der Waals surface area contributed by atoms with Crippen molar-refractivity contribution in [3.63, 3.8) is 0 Å². The summed E-state index contributed by atoms with van der Waals surface area (Å²) in [5.74, 6) is 0.983. The lowest BCUT2D eigenvalue weighted by Crippen LogP contribution is -2.39. The van der Waals surface area contributed by atoms with Crippen molar-refractivity contribution in [2.45, 2.75) is 32.5 Å². The summed E-state index contributed by atoms with van der Waals surface area (Å²) in [7, 11) is -1.32. The predicted molar refractivity (Wildman–Crippen MR) is 96.3 cm³/mol. The van der Waals surface area contributed by atoms with E-state index < -0.39 is 14.4 Å². The molecule has 0 radical (unpaired) electrons. The molecule has 0 aliphatic heterocycles. The molecule has 5 nitrogen and oxygen atoms in total. The second-order valence-corrected chi connectivity index (χ2v) is 6.82. The Hall–Kier alpha value is -1.78. The summed E-state index contributed by atoms with van der Waals surface area (Å²) in [5.41, 5.74) is 1.92. The summed E-state index contributed by atoms with van der Waals surface area (Å²) in [4.78, 5) is 11.2. The van der Waals surface area contributed by atoms with E-state index in [0.29, 0.717) is 6.54 Å². The number of ether oxygens (including phenoxy) is 1. The van der Waals surface area contributed by atoms with Gasteiger partial charge in [-0.3, -0.25) is 0 Å². The molecular weight excluding hydrogens is 337 g/mol. The van der Waals surface area contributed by atoms with E-state index in [1.165, 1.54) is 0 Å². The third kappa shape index (κ3) is 5.91. The van der Waals surface area contributed by atoms with Crippen LogP contribution in [0.25, 0.3) is 0 Å². The molecule has 1 N–H and O–H groups in total. The summed E-state index contributed by atoms with van der Waals surface area (Å²) in [5, 5.41) is 3.44. The molecule has 0 saturated carbocycles. The van der Waals surface area contributed by atoms with Crippen molar-refractivity contribution in [2.24, 2.45) is 5.92 Å². The zero-order valence-corrected chi connectivity index (χ0v) is 15.6. The molecular formula is C19H24NO4P. The van der Waals surface area contributed by atoms with Crippen molar-refractivity contribution in [1.82, 2.24) is 5.32 Å². The van der Waals surface area contributed by atoms with Gasteiger partial charge >= 0.3 is 8.25 Å². The smallest absolute Gasteiger partial charge is 0.489 e. The molecule has 2 aromatic carbocycles. The van der Waals surface area contributed by atoms with Gasteiger partial charge in [0.2, 0.25) is 0 Å². The van der Waals surface area contributed by atoms with Crippen LogP contribution in [-0.2, 0) is 15.6 Å². The van der Waals surface area contributed by atoms with Crippen LogP contribution >= 0.6 is 8.25 Å². The van der Waals surface area contributed by atoms with Gasteiger partial charge in [0, 0.05) is 12.6 Å². The minimum atomic E-state index is -2.95. The quantitative estimate of drug-likeness (QED) is 0.691. The number of benzene rings is 2. The second-order valence-electron chi connectivity index (χ2n) is 6.16. The monoisotopic (exact) mass is 361 g/mol. The van der Waals surface area contributed by atoms with E-state index in [4.69, 9.17) is 9.26 Å². The molecule has 6 heteroatoms. The van der Waals surface area contributed by atoms with Crippen molar-refractivity contribution in [1.29, 1.82) is 0 Å². The third-order valence-electron chi connectivity index (χ3n) is 4.07. The number of hydrogen-bond donors (Lipinski definition) is 1. The van der Waals surface area contributed by atoms with Crippen LogP contribution in [0.4, 0.5) is 0 Å². The van der Waals surface area contributed by atoms with Crippen LogP contribution in [0.15, 0.2) is 54.6 Å². The Balaban J connectivity index is 2.16. The SMILES string of the molecule is COc1ccc(CNC(C(C)C)C(O[P+](=O)[O-])c2ccccc2)cc1. The van der Waals surface area contributed by atoms with E-state index in [1.54, 1.807) is 7.11 Å². The molecule has 2 rings (SSSR count). The number of methoxy groups -OCH3 is 1. The molecule has 3 unspecified atom stereocenters. The van der Waals surface area contributed by atoms with Crippen molar-refractivity contribution in [3.05, 3.63) is 65.7 Å². The van der Waals surface area contributed by atoms with Gasteiger partial charge in [-0.05, 0) is 33.7 Å². The van der Waals surface area contributed by atoms with Gasteiger partial charge < -0.3 is 14.9 Å². The number of rotatable bonds is 9. The van der Waals surface area contributed by atoms with Gasteiger partial charge in [-0.25, -0.2) is 0 Å². The molecule has 0 bridgehead atoms. The molecule has 3 atom stereocenters. The molecule has 0 aliphatic rings. The maximum atomic E-state index is 11.2. The lowest BCUT2D eigenvalue weighted by atomic mass is 9.93. The van der Waals surface area contributed by atoms with E-state index >= 15 is 0 Å². The Morgan fingerprint density at radius 1 is 1.08 bits per heavy atom. The van der Waals surface area contributed by atoms with Crippen molar-refractivity contribution in [2.75, 3.05) is 7.11 Å². The maximum Gasteiger partial charge on any atom is 0.489 e. The Kier molecular flexibility index (Phi) is 7.53. The third-order valence-corrected chi connectivity index (χ3v) is 4.47.